The highest BCUT2D eigenvalue weighted by atomic mass is 16.2. The van der Waals surface area contributed by atoms with Crippen LogP contribution < -0.4 is 16.6 Å². The monoisotopic (exact) mass is 530 g/mol. The summed E-state index contributed by atoms with van der Waals surface area (Å²) < 4.78 is 3.08. The van der Waals surface area contributed by atoms with Gasteiger partial charge in [0.1, 0.15) is 22.6 Å². The van der Waals surface area contributed by atoms with Crippen molar-refractivity contribution in [1.29, 1.82) is 0 Å². The van der Waals surface area contributed by atoms with Crippen molar-refractivity contribution in [3.8, 4) is 17.5 Å². The number of rotatable bonds is 4. The summed E-state index contributed by atoms with van der Waals surface area (Å²) in [7, 11) is 1.79. The summed E-state index contributed by atoms with van der Waals surface area (Å²) in [5.74, 6) is 5.76. The first-order chi connectivity index (χ1) is 19.4. The smallest absolute Gasteiger partial charge is 0.270 e. The predicted molar refractivity (Wildman–Crippen MR) is 149 cm³/mol. The van der Waals surface area contributed by atoms with Crippen LogP contribution in [0.1, 0.15) is 40.4 Å². The first kappa shape index (κ1) is 24.5. The number of nitrogens with one attached hydrogen (secondary N) is 2. The van der Waals surface area contributed by atoms with Crippen molar-refractivity contribution in [2.24, 2.45) is 7.05 Å². The van der Waals surface area contributed by atoms with E-state index in [0.29, 0.717) is 22.2 Å². The molecule has 0 fully saturated rings. The standard InChI is InChI=1S/C28H22N10O2/c1-16(33-27(39)22-23-18(7-6-12-30-23)14-31-24(22)29)26-34-25-21(28(40)38(26)19-8-4-3-5-9-19)20(35-36-25)11-10-17-13-32-37(2)15-17/h3-9,12-16H,1-2H3,(H2,29,31)(H,33,39)(H,35,36)/t16-/m0/s1. The average Bonchev–Trinajstić information content (AvgIpc) is 3.57. The van der Waals surface area contributed by atoms with Crippen LogP contribution in [-0.4, -0.2) is 45.4 Å². The van der Waals surface area contributed by atoms with E-state index in [4.69, 9.17) is 10.7 Å². The number of hydrogen-bond donors (Lipinski definition) is 3. The zero-order valence-corrected chi connectivity index (χ0v) is 21.5. The van der Waals surface area contributed by atoms with Crippen LogP contribution in [-0.2, 0) is 7.05 Å². The fourth-order valence-corrected chi connectivity index (χ4v) is 4.43. The van der Waals surface area contributed by atoms with E-state index >= 15 is 0 Å². The summed E-state index contributed by atoms with van der Waals surface area (Å²) in [6.45, 7) is 1.73. The minimum Gasteiger partial charge on any atom is -0.383 e. The van der Waals surface area contributed by atoms with Crippen molar-refractivity contribution in [3.05, 3.63) is 100 Å². The van der Waals surface area contributed by atoms with Crippen molar-refractivity contribution in [2.45, 2.75) is 13.0 Å². The van der Waals surface area contributed by atoms with Gasteiger partial charge in [-0.15, -0.1) is 0 Å². The quantitative estimate of drug-likeness (QED) is 0.292. The Morgan fingerprint density at radius 1 is 1.10 bits per heavy atom. The first-order valence-electron chi connectivity index (χ1n) is 12.3. The highest BCUT2D eigenvalue weighted by Gasteiger charge is 2.24. The molecule has 12 heteroatoms. The predicted octanol–water partition coefficient (Wildman–Crippen LogP) is 2.26. The fourth-order valence-electron chi connectivity index (χ4n) is 4.43. The Balaban J connectivity index is 1.45. The normalized spacial score (nSPS) is 11.8. The number of para-hydroxylation sites is 1. The van der Waals surface area contributed by atoms with Gasteiger partial charge in [-0.3, -0.25) is 28.9 Å². The van der Waals surface area contributed by atoms with Gasteiger partial charge >= 0.3 is 0 Å². The molecule has 6 rings (SSSR count). The maximum absolute atomic E-state index is 14.0. The average molecular weight is 531 g/mol. The summed E-state index contributed by atoms with van der Waals surface area (Å²) >= 11 is 0. The van der Waals surface area contributed by atoms with Gasteiger partial charge in [0, 0.05) is 31.0 Å². The number of anilines is 1. The molecule has 0 aliphatic heterocycles. The summed E-state index contributed by atoms with van der Waals surface area (Å²) in [5.41, 5.74) is 8.02. The van der Waals surface area contributed by atoms with Crippen LogP contribution in [0, 0.1) is 11.8 Å². The molecule has 5 aromatic heterocycles. The third-order valence-corrected chi connectivity index (χ3v) is 6.30. The van der Waals surface area contributed by atoms with Gasteiger partial charge in [-0.05, 0) is 37.1 Å². The second-order valence-corrected chi connectivity index (χ2v) is 9.05. The second kappa shape index (κ2) is 9.80. The highest BCUT2D eigenvalue weighted by Crippen LogP contribution is 2.23. The SMILES string of the molecule is C[C@H](NC(=O)c1c(N)ncc2cccnc12)c1nc2[nH]nc(C#Cc3cnn(C)c3)c2c(=O)n1-c1ccccc1. The van der Waals surface area contributed by atoms with Gasteiger partial charge in [-0.1, -0.05) is 24.1 Å². The van der Waals surface area contributed by atoms with E-state index in [0.717, 1.165) is 0 Å². The number of pyridine rings is 2. The van der Waals surface area contributed by atoms with Crippen molar-refractivity contribution in [1.82, 2.24) is 44.8 Å². The van der Waals surface area contributed by atoms with Crippen molar-refractivity contribution >= 4 is 33.7 Å². The van der Waals surface area contributed by atoms with Crippen LogP contribution in [0.2, 0.25) is 0 Å². The van der Waals surface area contributed by atoms with Crippen LogP contribution in [0.15, 0.2) is 72.0 Å². The van der Waals surface area contributed by atoms with E-state index in [9.17, 15) is 9.59 Å². The molecule has 196 valence electrons. The van der Waals surface area contributed by atoms with E-state index in [1.54, 1.807) is 67.7 Å². The third kappa shape index (κ3) is 4.31. The summed E-state index contributed by atoms with van der Waals surface area (Å²) in [6.07, 6.45) is 6.53. The molecule has 0 saturated carbocycles. The lowest BCUT2D eigenvalue weighted by atomic mass is 10.1. The molecule has 40 heavy (non-hydrogen) atoms. The molecule has 12 nitrogen and oxygen atoms in total. The molecule has 1 amide bonds. The van der Waals surface area contributed by atoms with Crippen LogP contribution in [0.3, 0.4) is 0 Å². The lowest BCUT2D eigenvalue weighted by molar-refractivity contribution is 0.0940. The Labute approximate surface area is 226 Å². The number of fused-ring (bicyclic) bond motifs is 2. The first-order valence-corrected chi connectivity index (χ1v) is 12.3. The number of aromatic amines is 1. The van der Waals surface area contributed by atoms with Gasteiger partial charge in [0.25, 0.3) is 11.5 Å². The van der Waals surface area contributed by atoms with Crippen molar-refractivity contribution in [3.63, 3.8) is 0 Å². The molecule has 1 aromatic carbocycles. The zero-order valence-electron chi connectivity index (χ0n) is 21.5. The Bertz CT molecular complexity index is 2030. The van der Waals surface area contributed by atoms with Crippen LogP contribution in [0.25, 0.3) is 27.6 Å². The number of H-pyrrole nitrogens is 1. The van der Waals surface area contributed by atoms with E-state index in [1.807, 2.05) is 18.2 Å². The second-order valence-electron chi connectivity index (χ2n) is 9.05. The number of nitrogens with two attached hydrogens (primary N) is 1. The van der Waals surface area contributed by atoms with Crippen molar-refractivity contribution in [2.75, 3.05) is 5.73 Å². The maximum atomic E-state index is 14.0. The summed E-state index contributed by atoms with van der Waals surface area (Å²) in [5, 5.41) is 15.0. The van der Waals surface area contributed by atoms with Crippen LogP contribution >= 0.6 is 0 Å². The Kier molecular flexibility index (Phi) is 6.01. The van der Waals surface area contributed by atoms with Gasteiger partial charge in [0.2, 0.25) is 0 Å². The topological polar surface area (TPSA) is 162 Å². The molecule has 4 N–H and O–H groups in total. The number of amides is 1. The van der Waals surface area contributed by atoms with Gasteiger partial charge in [-0.2, -0.15) is 10.2 Å². The largest absolute Gasteiger partial charge is 0.383 e. The number of nitrogen functional groups attached to an aromatic ring is 1. The molecule has 0 bridgehead atoms. The van der Waals surface area contributed by atoms with E-state index in [-0.39, 0.29) is 39.5 Å². The van der Waals surface area contributed by atoms with Crippen molar-refractivity contribution < 1.29 is 4.79 Å². The number of nitrogens with zero attached hydrogens (tertiary/aromatic N) is 7. The number of benzene rings is 1. The molecule has 0 spiro atoms. The van der Waals surface area contributed by atoms with Crippen LogP contribution in [0.5, 0.6) is 0 Å². The lowest BCUT2D eigenvalue weighted by Crippen LogP contribution is -2.33. The number of aryl methyl sites for hydroxylation is 1. The fraction of sp³-hybridized carbons (Fsp3) is 0.107. The molecular weight excluding hydrogens is 508 g/mol. The molecule has 5 heterocycles. The molecule has 0 aliphatic carbocycles. The summed E-state index contributed by atoms with van der Waals surface area (Å²) in [6, 6.07) is 11.9. The number of aromatic nitrogens is 8. The molecular formula is C28H22N10O2. The molecule has 0 unspecified atom stereocenters. The Morgan fingerprint density at radius 3 is 2.70 bits per heavy atom. The van der Waals surface area contributed by atoms with Gasteiger partial charge < -0.3 is 11.1 Å². The van der Waals surface area contributed by atoms with Gasteiger partial charge in [-0.25, -0.2) is 9.97 Å². The zero-order chi connectivity index (χ0) is 27.8. The van der Waals surface area contributed by atoms with E-state index < -0.39 is 11.9 Å². The minimum atomic E-state index is -0.726. The minimum absolute atomic E-state index is 0.0464. The summed E-state index contributed by atoms with van der Waals surface area (Å²) in [4.78, 5) is 40.6. The molecule has 6 aromatic rings. The molecule has 0 aliphatic rings. The van der Waals surface area contributed by atoms with Gasteiger partial charge in [0.05, 0.1) is 29.0 Å². The number of carbonyl (C=O) groups is 1. The molecule has 1 atom stereocenters. The molecule has 0 saturated heterocycles. The lowest BCUT2D eigenvalue weighted by Gasteiger charge is -2.19. The number of carbonyl (C=O) groups excluding carboxylic acids is 1. The highest BCUT2D eigenvalue weighted by molar-refractivity contribution is 6.09. The Hall–Kier alpha value is -5.83. The van der Waals surface area contributed by atoms with Crippen LogP contribution in [0.4, 0.5) is 5.82 Å². The third-order valence-electron chi connectivity index (χ3n) is 6.30. The molecule has 0 radical (unpaired) electrons. The van der Waals surface area contributed by atoms with E-state index in [1.165, 1.54) is 4.57 Å². The maximum Gasteiger partial charge on any atom is 0.270 e. The van der Waals surface area contributed by atoms with Gasteiger partial charge in [0.15, 0.2) is 11.3 Å². The number of hydrogen-bond acceptors (Lipinski definition) is 8. The van der Waals surface area contributed by atoms with E-state index in [2.05, 4.69) is 42.4 Å². The Morgan fingerprint density at radius 2 is 1.93 bits per heavy atom.